The molecule has 2 heterocycles. The summed E-state index contributed by atoms with van der Waals surface area (Å²) in [5, 5.41) is 9.78. The van der Waals surface area contributed by atoms with Crippen molar-refractivity contribution in [1.29, 1.82) is 5.26 Å². The number of hydrogen-bond donors (Lipinski definition) is 0. The van der Waals surface area contributed by atoms with Crippen LogP contribution in [-0.4, -0.2) is 36.6 Å². The van der Waals surface area contributed by atoms with Crippen LogP contribution in [0.1, 0.15) is 51.2 Å². The van der Waals surface area contributed by atoms with Crippen LogP contribution in [0.4, 0.5) is 5.69 Å². The topological polar surface area (TPSA) is 30.3 Å². The molecule has 2 saturated heterocycles. The molecule has 1 spiro atoms. The first-order valence-electron chi connectivity index (χ1n) is 9.07. The molecule has 4 heteroatoms. The standard InChI is InChI=1S/C20H28ClN3/c1-14(2)23-9-7-20(8-10-23)11-15(3)24(13-20)18-6-5-17(12-22)19(21)16(18)4/h5-6,14-15H,7-11,13H2,1-4H3. The first-order valence-corrected chi connectivity index (χ1v) is 9.44. The van der Waals surface area contributed by atoms with E-state index < -0.39 is 0 Å². The number of benzene rings is 1. The van der Waals surface area contributed by atoms with E-state index in [4.69, 9.17) is 16.9 Å². The highest BCUT2D eigenvalue weighted by atomic mass is 35.5. The van der Waals surface area contributed by atoms with Gasteiger partial charge in [-0.15, -0.1) is 0 Å². The normalized spacial score (nSPS) is 23.9. The molecule has 0 aromatic heterocycles. The third-order valence-corrected chi connectivity index (χ3v) is 6.63. The molecule has 0 amide bonds. The van der Waals surface area contributed by atoms with Gasteiger partial charge in [-0.2, -0.15) is 5.26 Å². The largest absolute Gasteiger partial charge is 0.368 e. The number of likely N-dealkylation sites (tertiary alicyclic amines) is 1. The second-order valence-electron chi connectivity index (χ2n) is 7.99. The minimum atomic E-state index is 0.442. The molecule has 130 valence electrons. The molecule has 2 fully saturated rings. The van der Waals surface area contributed by atoms with E-state index in [1.807, 2.05) is 13.0 Å². The Morgan fingerprint density at radius 2 is 1.96 bits per heavy atom. The van der Waals surface area contributed by atoms with E-state index in [2.05, 4.69) is 42.7 Å². The summed E-state index contributed by atoms with van der Waals surface area (Å²) in [6.07, 6.45) is 3.83. The Bertz CT molecular complexity index is 654. The van der Waals surface area contributed by atoms with Crippen LogP contribution in [0.25, 0.3) is 0 Å². The van der Waals surface area contributed by atoms with Crippen LogP contribution >= 0.6 is 11.6 Å². The van der Waals surface area contributed by atoms with Crippen LogP contribution in [0.2, 0.25) is 5.02 Å². The van der Waals surface area contributed by atoms with Crippen LogP contribution in [-0.2, 0) is 0 Å². The summed E-state index contributed by atoms with van der Waals surface area (Å²) in [7, 11) is 0. The van der Waals surface area contributed by atoms with Crippen molar-refractivity contribution in [2.24, 2.45) is 5.41 Å². The molecule has 24 heavy (non-hydrogen) atoms. The van der Waals surface area contributed by atoms with E-state index in [1.54, 1.807) is 0 Å². The van der Waals surface area contributed by atoms with Crippen molar-refractivity contribution >= 4 is 17.3 Å². The fourth-order valence-electron chi connectivity index (χ4n) is 4.59. The zero-order valence-electron chi connectivity index (χ0n) is 15.3. The van der Waals surface area contributed by atoms with E-state index in [1.165, 1.54) is 38.0 Å². The van der Waals surface area contributed by atoms with Gasteiger partial charge in [0.15, 0.2) is 0 Å². The van der Waals surface area contributed by atoms with E-state index in [0.717, 1.165) is 12.1 Å². The Morgan fingerprint density at radius 1 is 1.29 bits per heavy atom. The Kier molecular flexibility index (Phi) is 4.82. The van der Waals surface area contributed by atoms with Gasteiger partial charge in [-0.25, -0.2) is 0 Å². The van der Waals surface area contributed by atoms with Crippen molar-refractivity contribution in [2.75, 3.05) is 24.5 Å². The predicted molar refractivity (Wildman–Crippen MR) is 101 cm³/mol. The second kappa shape index (κ2) is 6.58. The van der Waals surface area contributed by atoms with Crippen LogP contribution in [0, 0.1) is 23.7 Å². The molecule has 2 aliphatic rings. The summed E-state index contributed by atoms with van der Waals surface area (Å²) in [4.78, 5) is 5.12. The van der Waals surface area contributed by atoms with Gasteiger partial charge in [-0.1, -0.05) is 11.6 Å². The van der Waals surface area contributed by atoms with Crippen LogP contribution in [0.5, 0.6) is 0 Å². The molecule has 3 nitrogen and oxygen atoms in total. The van der Waals surface area contributed by atoms with E-state index in [0.29, 0.717) is 28.1 Å². The highest BCUT2D eigenvalue weighted by Crippen LogP contribution is 2.46. The zero-order chi connectivity index (χ0) is 17.5. The quantitative estimate of drug-likeness (QED) is 0.784. The Labute approximate surface area is 151 Å². The maximum atomic E-state index is 9.17. The summed E-state index contributed by atoms with van der Waals surface area (Å²) >= 11 is 6.40. The molecule has 1 unspecified atom stereocenters. The van der Waals surface area contributed by atoms with Crippen molar-refractivity contribution in [3.8, 4) is 6.07 Å². The van der Waals surface area contributed by atoms with Gasteiger partial charge in [0.05, 0.1) is 10.6 Å². The Hall–Kier alpha value is -1.24. The smallest absolute Gasteiger partial charge is 0.101 e. The number of halogens is 1. The maximum absolute atomic E-state index is 9.17. The second-order valence-corrected chi connectivity index (χ2v) is 8.37. The lowest BCUT2D eigenvalue weighted by molar-refractivity contribution is 0.0951. The first-order chi connectivity index (χ1) is 11.4. The fourth-order valence-corrected chi connectivity index (χ4v) is 4.79. The van der Waals surface area contributed by atoms with Gasteiger partial charge in [-0.3, -0.25) is 0 Å². The van der Waals surface area contributed by atoms with E-state index in [9.17, 15) is 0 Å². The number of nitrogens with zero attached hydrogens (tertiary/aromatic N) is 3. The number of nitriles is 1. The molecule has 0 radical (unpaired) electrons. The Morgan fingerprint density at radius 3 is 2.54 bits per heavy atom. The molecular formula is C20H28ClN3. The van der Waals surface area contributed by atoms with Crippen molar-refractivity contribution in [3.63, 3.8) is 0 Å². The van der Waals surface area contributed by atoms with Crippen molar-refractivity contribution in [3.05, 3.63) is 28.3 Å². The SMILES string of the molecule is Cc1c(N2CC3(CCN(C(C)C)CC3)CC2C)ccc(C#N)c1Cl. The lowest BCUT2D eigenvalue weighted by Gasteiger charge is -2.41. The van der Waals surface area contributed by atoms with Crippen LogP contribution in [0.15, 0.2) is 12.1 Å². The number of anilines is 1. The molecule has 0 saturated carbocycles. The molecular weight excluding hydrogens is 318 g/mol. The summed E-state index contributed by atoms with van der Waals surface area (Å²) in [5.41, 5.74) is 3.26. The van der Waals surface area contributed by atoms with Gasteiger partial charge in [0.1, 0.15) is 6.07 Å². The van der Waals surface area contributed by atoms with Gasteiger partial charge < -0.3 is 9.80 Å². The minimum absolute atomic E-state index is 0.442. The maximum Gasteiger partial charge on any atom is 0.101 e. The number of hydrogen-bond acceptors (Lipinski definition) is 3. The highest BCUT2D eigenvalue weighted by molar-refractivity contribution is 6.32. The molecule has 3 rings (SSSR count). The lowest BCUT2D eigenvalue weighted by Crippen LogP contribution is -2.44. The van der Waals surface area contributed by atoms with Crippen LogP contribution < -0.4 is 4.90 Å². The molecule has 2 aliphatic heterocycles. The summed E-state index contributed by atoms with van der Waals surface area (Å²) in [6, 6.07) is 7.30. The molecule has 0 bridgehead atoms. The molecule has 1 aromatic rings. The Balaban J connectivity index is 1.80. The summed E-state index contributed by atoms with van der Waals surface area (Å²) < 4.78 is 0. The van der Waals surface area contributed by atoms with Crippen molar-refractivity contribution in [2.45, 2.75) is 59.0 Å². The minimum Gasteiger partial charge on any atom is -0.368 e. The van der Waals surface area contributed by atoms with Crippen LogP contribution in [0.3, 0.4) is 0 Å². The zero-order valence-corrected chi connectivity index (χ0v) is 16.0. The van der Waals surface area contributed by atoms with Gasteiger partial charge in [0.25, 0.3) is 0 Å². The van der Waals surface area contributed by atoms with Gasteiger partial charge >= 0.3 is 0 Å². The molecule has 0 aliphatic carbocycles. The highest BCUT2D eigenvalue weighted by Gasteiger charge is 2.44. The third kappa shape index (κ3) is 3.03. The summed E-state index contributed by atoms with van der Waals surface area (Å²) in [5.74, 6) is 0. The van der Waals surface area contributed by atoms with Gasteiger partial charge in [0, 0.05) is 24.3 Å². The third-order valence-electron chi connectivity index (χ3n) is 6.14. The monoisotopic (exact) mass is 345 g/mol. The summed E-state index contributed by atoms with van der Waals surface area (Å²) in [6.45, 7) is 12.5. The van der Waals surface area contributed by atoms with E-state index in [-0.39, 0.29) is 0 Å². The average Bonchev–Trinajstić information content (AvgIpc) is 2.86. The number of piperidine rings is 1. The lowest BCUT2D eigenvalue weighted by atomic mass is 9.76. The fraction of sp³-hybridized carbons (Fsp3) is 0.650. The van der Waals surface area contributed by atoms with Crippen molar-refractivity contribution in [1.82, 2.24) is 4.90 Å². The predicted octanol–water partition coefficient (Wildman–Crippen LogP) is 4.61. The van der Waals surface area contributed by atoms with Crippen molar-refractivity contribution < 1.29 is 0 Å². The van der Waals surface area contributed by atoms with Gasteiger partial charge in [0.2, 0.25) is 0 Å². The first kappa shape index (κ1) is 17.6. The van der Waals surface area contributed by atoms with Gasteiger partial charge in [-0.05, 0) is 83.2 Å². The molecule has 0 N–H and O–H groups in total. The van der Waals surface area contributed by atoms with E-state index >= 15 is 0 Å². The number of rotatable bonds is 2. The molecule has 1 aromatic carbocycles. The molecule has 1 atom stereocenters. The average molecular weight is 346 g/mol.